The van der Waals surface area contributed by atoms with Gasteiger partial charge in [-0.05, 0) is 79.4 Å². The second-order valence-corrected chi connectivity index (χ2v) is 11.2. The molecule has 2 amide bonds. The molecule has 8 heteroatoms. The molecule has 1 aliphatic rings. The Morgan fingerprint density at radius 2 is 1.80 bits per heavy atom. The van der Waals surface area contributed by atoms with Crippen LogP contribution in [0, 0.1) is 6.92 Å². The molecule has 0 saturated heterocycles. The number of rotatable bonds is 13. The van der Waals surface area contributed by atoms with Gasteiger partial charge in [0.15, 0.2) is 0 Å². The van der Waals surface area contributed by atoms with Gasteiger partial charge in [-0.1, -0.05) is 75.9 Å². The van der Waals surface area contributed by atoms with Crippen molar-refractivity contribution in [3.05, 3.63) is 59.2 Å². The second-order valence-electron chi connectivity index (χ2n) is 10.2. The van der Waals surface area contributed by atoms with Gasteiger partial charge in [0.2, 0.25) is 6.41 Å². The van der Waals surface area contributed by atoms with Crippen LogP contribution in [0.5, 0.6) is 0 Å². The number of thioether (sulfide) groups is 1. The van der Waals surface area contributed by atoms with Crippen LogP contribution >= 0.6 is 11.8 Å². The van der Waals surface area contributed by atoms with E-state index >= 15 is 0 Å². The van der Waals surface area contributed by atoms with E-state index in [0.717, 1.165) is 48.1 Å². The number of unbranched alkanes of at least 4 members (excludes halogenated alkanes) is 1. The fourth-order valence-corrected chi connectivity index (χ4v) is 5.38. The van der Waals surface area contributed by atoms with Gasteiger partial charge in [-0.25, -0.2) is 4.79 Å². The Hall–Kier alpha value is -2.20. The summed E-state index contributed by atoms with van der Waals surface area (Å²) >= 11 is 1.56. The first-order valence-electron chi connectivity index (χ1n) is 14.3. The molecule has 216 valence electrons. The van der Waals surface area contributed by atoms with Gasteiger partial charge in [-0.3, -0.25) is 9.59 Å². The second kappa shape index (κ2) is 19.8. The quantitative estimate of drug-likeness (QED) is 0.228. The number of carboxylic acid groups (broad SMARTS) is 1. The fourth-order valence-electron chi connectivity index (χ4n) is 4.91. The summed E-state index contributed by atoms with van der Waals surface area (Å²) in [6.45, 7) is 7.21. The molecule has 2 aromatic rings. The fraction of sp³-hybridized carbons (Fsp3) is 0.531. The van der Waals surface area contributed by atoms with Gasteiger partial charge < -0.3 is 15.3 Å². The average molecular weight is 563 g/mol. The van der Waals surface area contributed by atoms with E-state index in [0.29, 0.717) is 23.8 Å². The van der Waals surface area contributed by atoms with E-state index in [4.69, 9.17) is 0 Å². The van der Waals surface area contributed by atoms with Crippen molar-refractivity contribution in [2.24, 2.45) is 0 Å². The van der Waals surface area contributed by atoms with Gasteiger partial charge in [0.25, 0.3) is 5.91 Å². The predicted octanol–water partition coefficient (Wildman–Crippen LogP) is 6.09. The Bertz CT molecular complexity index is 1060. The number of aryl methyl sites for hydroxylation is 2. The molecule has 0 bridgehead atoms. The molecule has 2 N–H and O–H groups in total. The Kier molecular flexibility index (Phi) is 17.7. The van der Waals surface area contributed by atoms with Gasteiger partial charge in [0, 0.05) is 18.2 Å². The molecule has 0 radical (unpaired) electrons. The molecular formula is C32H47LiN2O4S. The molecular weight excluding hydrogens is 515 g/mol. The van der Waals surface area contributed by atoms with Crippen LogP contribution in [0.15, 0.2) is 42.5 Å². The number of aliphatic carboxylic acids is 1. The Morgan fingerprint density at radius 3 is 2.38 bits per heavy atom. The van der Waals surface area contributed by atoms with E-state index in [1.54, 1.807) is 17.8 Å². The topological polar surface area (TPSA) is 86.7 Å². The first-order valence-corrected chi connectivity index (χ1v) is 15.7. The molecule has 0 aliphatic heterocycles. The van der Waals surface area contributed by atoms with E-state index in [1.165, 1.54) is 38.5 Å². The number of carboxylic acids is 1. The third-order valence-electron chi connectivity index (χ3n) is 7.34. The summed E-state index contributed by atoms with van der Waals surface area (Å²) < 4.78 is 0. The Labute approximate surface area is 257 Å². The van der Waals surface area contributed by atoms with Crippen LogP contribution in [-0.2, 0) is 16.0 Å². The molecule has 0 heterocycles. The van der Waals surface area contributed by atoms with Crippen molar-refractivity contribution >= 4 is 48.9 Å². The molecule has 3 rings (SSSR count). The minimum absolute atomic E-state index is 0. The van der Waals surface area contributed by atoms with Crippen LogP contribution in [0.4, 0.5) is 0 Å². The van der Waals surface area contributed by atoms with Crippen LogP contribution in [-0.4, -0.2) is 77.8 Å². The van der Waals surface area contributed by atoms with Crippen LogP contribution in [0.2, 0.25) is 0 Å². The maximum atomic E-state index is 12.8. The number of hydrogen-bond donors (Lipinski definition) is 2. The average Bonchev–Trinajstić information content (AvgIpc) is 2.96. The SMILES string of the molecule is CCCCN(C=O)C1CCCCC1.CCc1ccc(C(=O)NC(CCSC)C(=O)O)c(-c2ccccc2C)c1.[LiH]. The number of benzene rings is 2. The molecule has 0 spiro atoms. The molecule has 40 heavy (non-hydrogen) atoms. The number of nitrogens with one attached hydrogen (secondary N) is 1. The normalized spacial score (nSPS) is 13.7. The molecule has 1 aliphatic carbocycles. The van der Waals surface area contributed by atoms with E-state index in [2.05, 4.69) is 19.2 Å². The molecule has 0 aromatic heterocycles. The van der Waals surface area contributed by atoms with Gasteiger partial charge >= 0.3 is 24.8 Å². The third-order valence-corrected chi connectivity index (χ3v) is 7.98. The number of hydrogen-bond acceptors (Lipinski definition) is 4. The van der Waals surface area contributed by atoms with Crippen molar-refractivity contribution in [1.82, 2.24) is 10.2 Å². The molecule has 1 unspecified atom stereocenters. The van der Waals surface area contributed by atoms with Gasteiger partial charge in [0.1, 0.15) is 6.04 Å². The summed E-state index contributed by atoms with van der Waals surface area (Å²) in [6, 6.07) is 13.3. The maximum absolute atomic E-state index is 12.8. The van der Waals surface area contributed by atoms with Crippen LogP contribution < -0.4 is 5.32 Å². The first kappa shape index (κ1) is 35.8. The molecule has 2 aromatic carbocycles. The van der Waals surface area contributed by atoms with Crippen molar-refractivity contribution in [2.75, 3.05) is 18.6 Å². The van der Waals surface area contributed by atoms with Crippen molar-refractivity contribution in [2.45, 2.75) is 90.6 Å². The van der Waals surface area contributed by atoms with Gasteiger partial charge in [-0.15, -0.1) is 0 Å². The molecule has 1 fully saturated rings. The summed E-state index contributed by atoms with van der Waals surface area (Å²) in [6.07, 6.45) is 13.0. The summed E-state index contributed by atoms with van der Waals surface area (Å²) in [5.41, 5.74) is 4.55. The number of carbonyl (C=O) groups excluding carboxylic acids is 2. The number of amides is 2. The zero-order chi connectivity index (χ0) is 28.6. The van der Waals surface area contributed by atoms with Crippen molar-refractivity contribution in [3.8, 4) is 11.1 Å². The zero-order valence-electron chi connectivity index (χ0n) is 24.1. The van der Waals surface area contributed by atoms with E-state index in [1.807, 2.05) is 54.5 Å². The van der Waals surface area contributed by atoms with Crippen molar-refractivity contribution < 1.29 is 19.5 Å². The molecule has 1 saturated carbocycles. The summed E-state index contributed by atoms with van der Waals surface area (Å²) in [5, 5.41) is 12.1. The molecule has 1 atom stereocenters. The van der Waals surface area contributed by atoms with Crippen molar-refractivity contribution in [3.63, 3.8) is 0 Å². The van der Waals surface area contributed by atoms with Crippen LogP contribution in [0.1, 0.15) is 86.7 Å². The Balaban J connectivity index is 0.000000482. The summed E-state index contributed by atoms with van der Waals surface area (Å²) in [4.78, 5) is 37.2. The van der Waals surface area contributed by atoms with Crippen LogP contribution in [0.3, 0.4) is 0 Å². The van der Waals surface area contributed by atoms with E-state index in [-0.39, 0.29) is 24.8 Å². The van der Waals surface area contributed by atoms with Gasteiger partial charge in [0.05, 0.1) is 0 Å². The Morgan fingerprint density at radius 1 is 1.10 bits per heavy atom. The van der Waals surface area contributed by atoms with Crippen molar-refractivity contribution in [1.29, 1.82) is 0 Å². The minimum atomic E-state index is -1.00. The predicted molar refractivity (Wildman–Crippen MR) is 170 cm³/mol. The van der Waals surface area contributed by atoms with Gasteiger partial charge in [-0.2, -0.15) is 11.8 Å². The monoisotopic (exact) mass is 562 g/mol. The third kappa shape index (κ3) is 11.4. The van der Waals surface area contributed by atoms with E-state index < -0.39 is 12.0 Å². The standard InChI is InChI=1S/C21H25NO3S.C11H21NO.Li.H/c1-4-15-9-10-17(18(13-15)16-8-6-5-7-14(16)2)20(23)22-19(21(24)25)11-12-26-3;1-2-3-9-12(10-13)11-7-5-4-6-8-11;;/h5-10,13,19H,4,11-12H2,1-3H3,(H,22,23)(H,24,25);10-11H,2-9H2,1H3;;. The first-order chi connectivity index (χ1) is 18.9. The summed E-state index contributed by atoms with van der Waals surface area (Å²) in [5.74, 6) is -0.675. The van der Waals surface area contributed by atoms with E-state index in [9.17, 15) is 19.5 Å². The zero-order valence-corrected chi connectivity index (χ0v) is 24.9. The number of nitrogens with zero attached hydrogens (tertiary/aromatic N) is 1. The number of carbonyl (C=O) groups is 3. The summed E-state index contributed by atoms with van der Waals surface area (Å²) in [7, 11) is 0. The molecule has 6 nitrogen and oxygen atoms in total. The van der Waals surface area contributed by atoms with Crippen LogP contribution in [0.25, 0.3) is 11.1 Å².